The summed E-state index contributed by atoms with van der Waals surface area (Å²) in [4.78, 5) is 2.56. The molecular formula is C13H28N2. The molecule has 0 aromatic heterocycles. The molecular weight excluding hydrogens is 184 g/mol. The molecule has 0 atom stereocenters. The highest BCUT2D eigenvalue weighted by Crippen LogP contribution is 2.28. The van der Waals surface area contributed by atoms with Crippen LogP contribution in [0.3, 0.4) is 0 Å². The van der Waals surface area contributed by atoms with Crippen LogP contribution in [-0.4, -0.2) is 31.1 Å². The van der Waals surface area contributed by atoms with Gasteiger partial charge in [0.2, 0.25) is 0 Å². The molecule has 0 heterocycles. The minimum Gasteiger partial charge on any atom is -0.330 e. The zero-order chi connectivity index (χ0) is 11.1. The van der Waals surface area contributed by atoms with E-state index in [4.69, 9.17) is 5.73 Å². The van der Waals surface area contributed by atoms with Crippen molar-refractivity contribution in [3.63, 3.8) is 0 Å². The van der Waals surface area contributed by atoms with Crippen LogP contribution in [-0.2, 0) is 0 Å². The molecule has 0 radical (unpaired) electrons. The smallest absolute Gasteiger partial charge is 0.00924 e. The Morgan fingerprint density at radius 1 is 1.13 bits per heavy atom. The molecule has 90 valence electrons. The summed E-state index contributed by atoms with van der Waals surface area (Å²) >= 11 is 0. The van der Waals surface area contributed by atoms with Gasteiger partial charge in [-0.3, -0.25) is 0 Å². The molecule has 0 unspecified atom stereocenters. The Kier molecular flexibility index (Phi) is 6.26. The maximum absolute atomic E-state index is 5.51. The highest BCUT2D eigenvalue weighted by atomic mass is 15.1. The Bertz CT molecular complexity index is 151. The van der Waals surface area contributed by atoms with E-state index in [1.165, 1.54) is 51.5 Å². The second-order valence-electron chi connectivity index (χ2n) is 5.06. The molecule has 0 saturated heterocycles. The van der Waals surface area contributed by atoms with Gasteiger partial charge in [-0.1, -0.05) is 13.3 Å². The molecule has 2 heteroatoms. The fourth-order valence-corrected chi connectivity index (χ4v) is 2.68. The van der Waals surface area contributed by atoms with Crippen LogP contribution in [0.25, 0.3) is 0 Å². The minimum absolute atomic E-state index is 0.844. The summed E-state index contributed by atoms with van der Waals surface area (Å²) in [5.74, 6) is 1.01. The third-order valence-corrected chi connectivity index (χ3v) is 3.98. The van der Waals surface area contributed by atoms with Crippen LogP contribution in [0.5, 0.6) is 0 Å². The van der Waals surface area contributed by atoms with Crippen molar-refractivity contribution >= 4 is 0 Å². The summed E-state index contributed by atoms with van der Waals surface area (Å²) in [6.07, 6.45) is 9.54. The molecule has 0 aromatic rings. The van der Waals surface area contributed by atoms with E-state index in [0.717, 1.165) is 18.5 Å². The number of hydrogen-bond donors (Lipinski definition) is 1. The highest BCUT2D eigenvalue weighted by Gasteiger charge is 2.22. The first-order valence-electron chi connectivity index (χ1n) is 6.68. The summed E-state index contributed by atoms with van der Waals surface area (Å²) in [6, 6.07) is 0.852. The summed E-state index contributed by atoms with van der Waals surface area (Å²) in [5.41, 5.74) is 5.51. The van der Waals surface area contributed by atoms with Gasteiger partial charge in [-0.15, -0.1) is 0 Å². The van der Waals surface area contributed by atoms with Crippen LogP contribution >= 0.6 is 0 Å². The molecule has 15 heavy (non-hydrogen) atoms. The van der Waals surface area contributed by atoms with Crippen molar-refractivity contribution in [2.75, 3.05) is 20.1 Å². The van der Waals surface area contributed by atoms with Crippen molar-refractivity contribution in [3.05, 3.63) is 0 Å². The number of rotatable bonds is 6. The van der Waals surface area contributed by atoms with Gasteiger partial charge in [0.15, 0.2) is 0 Å². The van der Waals surface area contributed by atoms with Crippen LogP contribution in [0.2, 0.25) is 0 Å². The lowest BCUT2D eigenvalue weighted by atomic mass is 9.84. The second kappa shape index (κ2) is 7.24. The molecule has 1 fully saturated rings. The first kappa shape index (κ1) is 13.0. The first-order valence-corrected chi connectivity index (χ1v) is 6.68. The maximum atomic E-state index is 5.51. The fourth-order valence-electron chi connectivity index (χ4n) is 2.68. The summed E-state index contributed by atoms with van der Waals surface area (Å²) in [7, 11) is 2.29. The molecule has 1 saturated carbocycles. The van der Waals surface area contributed by atoms with Crippen LogP contribution in [0.1, 0.15) is 51.9 Å². The molecule has 0 spiro atoms. The average molecular weight is 212 g/mol. The van der Waals surface area contributed by atoms with Gasteiger partial charge in [0.1, 0.15) is 0 Å². The van der Waals surface area contributed by atoms with E-state index in [9.17, 15) is 0 Å². The molecule has 0 aromatic carbocycles. The van der Waals surface area contributed by atoms with Gasteiger partial charge in [-0.05, 0) is 64.6 Å². The van der Waals surface area contributed by atoms with Crippen molar-refractivity contribution in [1.82, 2.24) is 4.90 Å². The Hall–Kier alpha value is -0.0800. The zero-order valence-electron chi connectivity index (χ0n) is 10.5. The predicted molar refractivity (Wildman–Crippen MR) is 67.0 cm³/mol. The quantitative estimate of drug-likeness (QED) is 0.686. The SMILES string of the molecule is CCC1CCC(N(C)CCCCN)CC1. The average Bonchev–Trinajstić information content (AvgIpc) is 2.29. The molecule has 1 aliphatic rings. The van der Waals surface area contributed by atoms with Crippen molar-refractivity contribution < 1.29 is 0 Å². The Balaban J connectivity index is 2.15. The van der Waals surface area contributed by atoms with Gasteiger partial charge in [-0.2, -0.15) is 0 Å². The third-order valence-electron chi connectivity index (χ3n) is 3.98. The van der Waals surface area contributed by atoms with Gasteiger partial charge >= 0.3 is 0 Å². The van der Waals surface area contributed by atoms with Gasteiger partial charge in [0.05, 0.1) is 0 Å². The van der Waals surface area contributed by atoms with Crippen molar-refractivity contribution in [2.24, 2.45) is 11.7 Å². The lowest BCUT2D eigenvalue weighted by Crippen LogP contribution is -2.35. The largest absolute Gasteiger partial charge is 0.330 e. The van der Waals surface area contributed by atoms with E-state index in [2.05, 4.69) is 18.9 Å². The van der Waals surface area contributed by atoms with E-state index in [0.29, 0.717) is 0 Å². The van der Waals surface area contributed by atoms with Gasteiger partial charge in [0.25, 0.3) is 0 Å². The summed E-state index contributed by atoms with van der Waals surface area (Å²) in [6.45, 7) is 4.41. The molecule has 2 N–H and O–H groups in total. The Morgan fingerprint density at radius 3 is 2.33 bits per heavy atom. The van der Waals surface area contributed by atoms with Crippen molar-refractivity contribution in [2.45, 2.75) is 57.9 Å². The van der Waals surface area contributed by atoms with Crippen LogP contribution in [0.15, 0.2) is 0 Å². The first-order chi connectivity index (χ1) is 7.27. The second-order valence-corrected chi connectivity index (χ2v) is 5.06. The van der Waals surface area contributed by atoms with E-state index < -0.39 is 0 Å². The summed E-state index contributed by atoms with van der Waals surface area (Å²) in [5, 5.41) is 0. The number of nitrogens with zero attached hydrogens (tertiary/aromatic N) is 1. The standard InChI is InChI=1S/C13H28N2/c1-3-12-6-8-13(9-7-12)15(2)11-5-4-10-14/h12-13H,3-11,14H2,1-2H3. The third kappa shape index (κ3) is 4.52. The van der Waals surface area contributed by atoms with E-state index in [-0.39, 0.29) is 0 Å². The van der Waals surface area contributed by atoms with Gasteiger partial charge < -0.3 is 10.6 Å². The summed E-state index contributed by atoms with van der Waals surface area (Å²) < 4.78 is 0. The van der Waals surface area contributed by atoms with Crippen LogP contribution in [0.4, 0.5) is 0 Å². The van der Waals surface area contributed by atoms with E-state index in [1.807, 2.05) is 0 Å². The molecule has 1 rings (SSSR count). The lowest BCUT2D eigenvalue weighted by molar-refractivity contribution is 0.162. The maximum Gasteiger partial charge on any atom is 0.00924 e. The van der Waals surface area contributed by atoms with Crippen molar-refractivity contribution in [1.29, 1.82) is 0 Å². The van der Waals surface area contributed by atoms with Crippen LogP contribution < -0.4 is 5.73 Å². The molecule has 0 aliphatic heterocycles. The number of hydrogen-bond acceptors (Lipinski definition) is 2. The molecule has 2 nitrogen and oxygen atoms in total. The monoisotopic (exact) mass is 212 g/mol. The van der Waals surface area contributed by atoms with Crippen LogP contribution in [0, 0.1) is 5.92 Å². The predicted octanol–water partition coefficient (Wildman–Crippen LogP) is 2.63. The number of nitrogens with two attached hydrogens (primary N) is 1. The molecule has 0 amide bonds. The normalized spacial score (nSPS) is 27.2. The zero-order valence-corrected chi connectivity index (χ0v) is 10.5. The van der Waals surface area contributed by atoms with Crippen molar-refractivity contribution in [3.8, 4) is 0 Å². The van der Waals surface area contributed by atoms with Gasteiger partial charge in [0, 0.05) is 6.04 Å². The van der Waals surface area contributed by atoms with Gasteiger partial charge in [-0.25, -0.2) is 0 Å². The minimum atomic E-state index is 0.844. The lowest BCUT2D eigenvalue weighted by Gasteiger charge is -2.34. The molecule has 1 aliphatic carbocycles. The van der Waals surface area contributed by atoms with E-state index >= 15 is 0 Å². The topological polar surface area (TPSA) is 29.3 Å². The van der Waals surface area contributed by atoms with E-state index in [1.54, 1.807) is 0 Å². The number of unbranched alkanes of at least 4 members (excludes halogenated alkanes) is 1. The Labute approximate surface area is 95.2 Å². The fraction of sp³-hybridized carbons (Fsp3) is 1.00. The Morgan fingerprint density at radius 2 is 1.80 bits per heavy atom. The highest BCUT2D eigenvalue weighted by molar-refractivity contribution is 4.77. The molecule has 0 bridgehead atoms.